The molecule has 0 bridgehead atoms. The maximum atomic E-state index is 12.2. The van der Waals surface area contributed by atoms with Crippen LogP contribution < -0.4 is 10.6 Å². The topological polar surface area (TPSA) is 111 Å². The minimum atomic E-state index is -0.467. The quantitative estimate of drug-likeness (QED) is 0.802. The zero-order valence-corrected chi connectivity index (χ0v) is 12.7. The Balaban J connectivity index is 2.19. The van der Waals surface area contributed by atoms with Crippen molar-refractivity contribution in [3.8, 4) is 0 Å². The lowest BCUT2D eigenvalue weighted by atomic mass is 10.3. The van der Waals surface area contributed by atoms with Crippen molar-refractivity contribution in [2.75, 3.05) is 10.6 Å². The Bertz CT molecular complexity index is 758. The van der Waals surface area contributed by atoms with E-state index in [1.165, 1.54) is 35.3 Å². The number of ketones is 1. The van der Waals surface area contributed by atoms with Gasteiger partial charge in [-0.2, -0.15) is 10.2 Å². The van der Waals surface area contributed by atoms with Gasteiger partial charge in [-0.05, 0) is 0 Å². The summed E-state index contributed by atoms with van der Waals surface area (Å²) in [6.07, 6.45) is 0. The summed E-state index contributed by atoms with van der Waals surface area (Å²) in [6, 6.07) is 2.94. The van der Waals surface area contributed by atoms with Crippen LogP contribution in [0, 0.1) is 0 Å². The SMILES string of the molecule is CC(=O)Nc1cc(C(=O)Nc2cc(C(C)=O)nn2C)nn1C. The van der Waals surface area contributed by atoms with Gasteiger partial charge in [0.1, 0.15) is 17.3 Å². The number of aromatic nitrogens is 4. The molecular formula is C13H16N6O3. The van der Waals surface area contributed by atoms with Crippen molar-refractivity contribution in [3.05, 3.63) is 23.5 Å². The molecule has 0 saturated carbocycles. The normalized spacial score (nSPS) is 10.4. The molecule has 0 aliphatic carbocycles. The summed E-state index contributed by atoms with van der Waals surface area (Å²) < 4.78 is 2.78. The van der Waals surface area contributed by atoms with Crippen molar-refractivity contribution in [3.63, 3.8) is 0 Å². The lowest BCUT2D eigenvalue weighted by Crippen LogP contribution is -2.15. The monoisotopic (exact) mass is 304 g/mol. The van der Waals surface area contributed by atoms with Crippen LogP contribution in [-0.4, -0.2) is 37.2 Å². The molecule has 9 heteroatoms. The molecule has 0 aliphatic rings. The number of rotatable bonds is 4. The van der Waals surface area contributed by atoms with Crippen LogP contribution in [0.1, 0.15) is 34.8 Å². The molecule has 0 saturated heterocycles. The first-order valence-corrected chi connectivity index (χ1v) is 6.46. The fourth-order valence-corrected chi connectivity index (χ4v) is 1.81. The molecule has 0 aromatic carbocycles. The summed E-state index contributed by atoms with van der Waals surface area (Å²) in [5.41, 5.74) is 0.398. The number of Topliss-reactive ketones (excluding diaryl/α,β-unsaturated/α-hetero) is 1. The highest BCUT2D eigenvalue weighted by Gasteiger charge is 2.16. The second-order valence-corrected chi connectivity index (χ2v) is 4.77. The Morgan fingerprint density at radius 3 is 1.91 bits per heavy atom. The Kier molecular flexibility index (Phi) is 4.06. The lowest BCUT2D eigenvalue weighted by molar-refractivity contribution is -0.114. The zero-order valence-electron chi connectivity index (χ0n) is 12.7. The van der Waals surface area contributed by atoms with Gasteiger partial charge in [0.15, 0.2) is 11.5 Å². The van der Waals surface area contributed by atoms with Crippen LogP contribution in [0.2, 0.25) is 0 Å². The number of amides is 2. The van der Waals surface area contributed by atoms with Crippen LogP contribution in [0.3, 0.4) is 0 Å². The molecule has 0 radical (unpaired) electrons. The van der Waals surface area contributed by atoms with Crippen molar-refractivity contribution in [2.24, 2.45) is 14.1 Å². The van der Waals surface area contributed by atoms with Gasteiger partial charge in [0, 0.05) is 40.1 Å². The molecule has 2 N–H and O–H groups in total. The average molecular weight is 304 g/mol. The minimum absolute atomic E-state index is 0.136. The number of nitrogens with zero attached hydrogens (tertiary/aromatic N) is 4. The van der Waals surface area contributed by atoms with Gasteiger partial charge in [0.05, 0.1) is 0 Å². The Morgan fingerprint density at radius 1 is 0.909 bits per heavy atom. The number of carbonyl (C=O) groups excluding carboxylic acids is 3. The van der Waals surface area contributed by atoms with Crippen LogP contribution in [0.5, 0.6) is 0 Å². The lowest BCUT2D eigenvalue weighted by Gasteiger charge is -2.02. The maximum Gasteiger partial charge on any atom is 0.277 e. The largest absolute Gasteiger partial charge is 0.311 e. The van der Waals surface area contributed by atoms with Gasteiger partial charge in [-0.25, -0.2) is 0 Å². The first-order valence-electron chi connectivity index (χ1n) is 6.46. The number of hydrogen-bond acceptors (Lipinski definition) is 5. The average Bonchev–Trinajstić information content (AvgIpc) is 2.94. The first kappa shape index (κ1) is 15.4. The van der Waals surface area contributed by atoms with E-state index < -0.39 is 5.91 Å². The Hall–Kier alpha value is -2.97. The van der Waals surface area contributed by atoms with E-state index in [1.807, 2.05) is 0 Å². The third-order valence-corrected chi connectivity index (χ3v) is 2.90. The second-order valence-electron chi connectivity index (χ2n) is 4.77. The summed E-state index contributed by atoms with van der Waals surface area (Å²) >= 11 is 0. The van der Waals surface area contributed by atoms with Crippen LogP contribution in [0.15, 0.2) is 12.1 Å². The predicted octanol–water partition coefficient (Wildman–Crippen LogP) is 0.567. The van der Waals surface area contributed by atoms with E-state index in [9.17, 15) is 14.4 Å². The van der Waals surface area contributed by atoms with Gasteiger partial charge in [-0.3, -0.25) is 23.7 Å². The summed E-state index contributed by atoms with van der Waals surface area (Å²) in [6.45, 7) is 2.76. The molecule has 0 spiro atoms. The molecule has 22 heavy (non-hydrogen) atoms. The van der Waals surface area contributed by atoms with E-state index in [2.05, 4.69) is 20.8 Å². The molecule has 0 unspecified atom stereocenters. The number of carbonyl (C=O) groups is 3. The van der Waals surface area contributed by atoms with Gasteiger partial charge in [0.25, 0.3) is 5.91 Å². The number of hydrogen-bond donors (Lipinski definition) is 2. The highest BCUT2D eigenvalue weighted by atomic mass is 16.2. The Labute approximate surface area is 126 Å². The van der Waals surface area contributed by atoms with E-state index in [1.54, 1.807) is 14.1 Å². The zero-order chi connectivity index (χ0) is 16.4. The van der Waals surface area contributed by atoms with Crippen LogP contribution in [-0.2, 0) is 18.9 Å². The van der Waals surface area contributed by atoms with Gasteiger partial charge in [-0.15, -0.1) is 0 Å². The summed E-state index contributed by atoms with van der Waals surface area (Å²) in [4.78, 5) is 34.5. The van der Waals surface area contributed by atoms with Crippen molar-refractivity contribution < 1.29 is 14.4 Å². The van der Waals surface area contributed by atoms with Crippen LogP contribution in [0.4, 0.5) is 11.6 Å². The Morgan fingerprint density at radius 2 is 1.41 bits per heavy atom. The van der Waals surface area contributed by atoms with Crippen LogP contribution >= 0.6 is 0 Å². The third-order valence-electron chi connectivity index (χ3n) is 2.90. The molecule has 116 valence electrons. The summed E-state index contributed by atoms with van der Waals surface area (Å²) in [7, 11) is 3.23. The molecule has 2 rings (SSSR count). The highest BCUT2D eigenvalue weighted by Crippen LogP contribution is 2.13. The van der Waals surface area contributed by atoms with Gasteiger partial charge in [0.2, 0.25) is 5.91 Å². The second kappa shape index (κ2) is 5.80. The van der Waals surface area contributed by atoms with E-state index >= 15 is 0 Å². The molecule has 2 amide bonds. The summed E-state index contributed by atoms with van der Waals surface area (Å²) in [5.74, 6) is -0.131. The van der Waals surface area contributed by atoms with Crippen molar-refractivity contribution in [2.45, 2.75) is 13.8 Å². The fourth-order valence-electron chi connectivity index (χ4n) is 1.81. The van der Waals surface area contributed by atoms with Gasteiger partial charge in [-0.1, -0.05) is 0 Å². The van der Waals surface area contributed by atoms with E-state index in [0.29, 0.717) is 11.6 Å². The minimum Gasteiger partial charge on any atom is -0.311 e. The predicted molar refractivity (Wildman–Crippen MR) is 78.7 cm³/mol. The first-order chi connectivity index (χ1) is 10.3. The molecular weight excluding hydrogens is 288 g/mol. The van der Waals surface area contributed by atoms with Crippen molar-refractivity contribution >= 4 is 29.2 Å². The van der Waals surface area contributed by atoms with E-state index in [0.717, 1.165) is 0 Å². The maximum absolute atomic E-state index is 12.2. The van der Waals surface area contributed by atoms with Crippen molar-refractivity contribution in [1.82, 2.24) is 19.6 Å². The molecule has 2 aromatic heterocycles. The van der Waals surface area contributed by atoms with Crippen molar-refractivity contribution in [1.29, 1.82) is 0 Å². The standard InChI is InChI=1S/C13H16N6O3/c1-7(20)9-5-12(19(4)16-9)15-13(22)10-6-11(14-8(2)21)18(3)17-10/h5-6H,1-4H3,(H,14,21)(H,15,22). The number of aryl methyl sites for hydroxylation is 2. The summed E-state index contributed by atoms with van der Waals surface area (Å²) in [5, 5.41) is 13.2. The molecule has 0 atom stereocenters. The number of nitrogens with one attached hydrogen (secondary N) is 2. The molecule has 2 heterocycles. The van der Waals surface area contributed by atoms with E-state index in [4.69, 9.17) is 0 Å². The van der Waals surface area contributed by atoms with Gasteiger partial charge < -0.3 is 10.6 Å². The van der Waals surface area contributed by atoms with Gasteiger partial charge >= 0.3 is 0 Å². The van der Waals surface area contributed by atoms with Crippen LogP contribution in [0.25, 0.3) is 0 Å². The third kappa shape index (κ3) is 3.19. The fraction of sp³-hybridized carbons (Fsp3) is 0.308. The molecule has 0 aliphatic heterocycles. The molecule has 2 aromatic rings. The number of anilines is 2. The molecule has 9 nitrogen and oxygen atoms in total. The van der Waals surface area contributed by atoms with E-state index in [-0.39, 0.29) is 23.1 Å². The molecule has 0 fully saturated rings. The highest BCUT2D eigenvalue weighted by molar-refractivity contribution is 6.04. The smallest absolute Gasteiger partial charge is 0.277 e.